The van der Waals surface area contributed by atoms with Crippen LogP contribution in [0.1, 0.15) is 28.7 Å². The Morgan fingerprint density at radius 2 is 1.93 bits per heavy atom. The standard InChI is InChI=1S/C22H25N3O2/c1-17-8-9-21(18(2)14-17)27-13-10-22(26)23-15-19-6-3-4-7-20(19)16-25-12-5-11-24-25/h3-9,11-12,14H,10,13,15-16H2,1-2H3,(H,23,26). The van der Waals surface area contributed by atoms with Crippen LogP contribution in [0, 0.1) is 13.8 Å². The first-order valence-corrected chi connectivity index (χ1v) is 9.13. The fourth-order valence-electron chi connectivity index (χ4n) is 2.95. The average molecular weight is 363 g/mol. The third kappa shape index (κ3) is 5.45. The van der Waals surface area contributed by atoms with Crippen LogP contribution in [-0.4, -0.2) is 22.3 Å². The number of ether oxygens (including phenoxy) is 1. The van der Waals surface area contributed by atoms with Crippen LogP contribution in [-0.2, 0) is 17.9 Å². The molecular formula is C22H25N3O2. The molecule has 1 N–H and O–H groups in total. The second-order valence-corrected chi connectivity index (χ2v) is 6.62. The van der Waals surface area contributed by atoms with E-state index in [1.165, 1.54) is 5.56 Å². The number of aromatic nitrogens is 2. The average Bonchev–Trinajstić information content (AvgIpc) is 3.16. The molecule has 1 aromatic heterocycles. The molecule has 3 aromatic rings. The Morgan fingerprint density at radius 3 is 2.67 bits per heavy atom. The molecule has 0 fully saturated rings. The maximum absolute atomic E-state index is 12.2. The Balaban J connectivity index is 1.48. The summed E-state index contributed by atoms with van der Waals surface area (Å²) in [7, 11) is 0. The molecule has 3 rings (SSSR count). The molecule has 0 spiro atoms. The fraction of sp³-hybridized carbons (Fsp3) is 0.273. The van der Waals surface area contributed by atoms with Gasteiger partial charge in [0.2, 0.25) is 5.91 Å². The van der Waals surface area contributed by atoms with Crippen LogP contribution in [0.3, 0.4) is 0 Å². The second-order valence-electron chi connectivity index (χ2n) is 6.62. The van der Waals surface area contributed by atoms with E-state index in [9.17, 15) is 4.79 Å². The van der Waals surface area contributed by atoms with E-state index in [0.717, 1.165) is 22.4 Å². The third-order valence-corrected chi connectivity index (χ3v) is 4.40. The summed E-state index contributed by atoms with van der Waals surface area (Å²) in [5.74, 6) is 0.812. The first-order chi connectivity index (χ1) is 13.1. The van der Waals surface area contributed by atoms with E-state index in [0.29, 0.717) is 26.1 Å². The Morgan fingerprint density at radius 1 is 1.11 bits per heavy atom. The minimum Gasteiger partial charge on any atom is -0.493 e. The lowest BCUT2D eigenvalue weighted by Crippen LogP contribution is -2.25. The highest BCUT2D eigenvalue weighted by molar-refractivity contribution is 5.76. The smallest absolute Gasteiger partial charge is 0.223 e. The van der Waals surface area contributed by atoms with Crippen LogP contribution in [0.2, 0.25) is 0 Å². The monoisotopic (exact) mass is 363 g/mol. The minimum absolute atomic E-state index is 0.0198. The largest absolute Gasteiger partial charge is 0.493 e. The molecule has 0 aliphatic heterocycles. The number of nitrogens with zero attached hydrogens (tertiary/aromatic N) is 2. The van der Waals surface area contributed by atoms with E-state index < -0.39 is 0 Å². The van der Waals surface area contributed by atoms with E-state index in [4.69, 9.17) is 4.74 Å². The third-order valence-electron chi connectivity index (χ3n) is 4.40. The van der Waals surface area contributed by atoms with Gasteiger partial charge in [-0.3, -0.25) is 9.48 Å². The first kappa shape index (κ1) is 18.7. The minimum atomic E-state index is -0.0198. The van der Waals surface area contributed by atoms with Crippen molar-refractivity contribution in [3.05, 3.63) is 83.2 Å². The molecule has 0 atom stereocenters. The van der Waals surface area contributed by atoms with Gasteiger partial charge in [0, 0.05) is 18.9 Å². The summed E-state index contributed by atoms with van der Waals surface area (Å²) >= 11 is 0. The van der Waals surface area contributed by atoms with Gasteiger partial charge >= 0.3 is 0 Å². The number of aryl methyl sites for hydroxylation is 2. The number of carbonyl (C=O) groups is 1. The summed E-state index contributed by atoms with van der Waals surface area (Å²) in [6.07, 6.45) is 4.02. The van der Waals surface area contributed by atoms with Crippen molar-refractivity contribution in [3.63, 3.8) is 0 Å². The topological polar surface area (TPSA) is 56.1 Å². The van der Waals surface area contributed by atoms with E-state index in [2.05, 4.69) is 29.5 Å². The zero-order valence-corrected chi connectivity index (χ0v) is 15.8. The van der Waals surface area contributed by atoms with Crippen molar-refractivity contribution in [2.75, 3.05) is 6.61 Å². The van der Waals surface area contributed by atoms with Crippen molar-refractivity contribution in [3.8, 4) is 5.75 Å². The Bertz CT molecular complexity index is 888. The van der Waals surface area contributed by atoms with Crippen LogP contribution < -0.4 is 10.1 Å². The SMILES string of the molecule is Cc1ccc(OCCC(=O)NCc2ccccc2Cn2cccn2)c(C)c1. The lowest BCUT2D eigenvalue weighted by Gasteiger charge is -2.12. The zero-order valence-electron chi connectivity index (χ0n) is 15.8. The molecule has 0 saturated carbocycles. The first-order valence-electron chi connectivity index (χ1n) is 9.13. The predicted octanol–water partition coefficient (Wildman–Crippen LogP) is 3.63. The number of hydrogen-bond donors (Lipinski definition) is 1. The maximum atomic E-state index is 12.2. The molecule has 2 aromatic carbocycles. The molecule has 5 heteroatoms. The molecule has 27 heavy (non-hydrogen) atoms. The van der Waals surface area contributed by atoms with Gasteiger partial charge in [-0.15, -0.1) is 0 Å². The number of carbonyl (C=O) groups excluding carboxylic acids is 1. The second kappa shape index (κ2) is 9.03. The van der Waals surface area contributed by atoms with Gasteiger partial charge < -0.3 is 10.1 Å². The predicted molar refractivity (Wildman–Crippen MR) is 106 cm³/mol. The summed E-state index contributed by atoms with van der Waals surface area (Å²) in [6, 6.07) is 16.0. The van der Waals surface area contributed by atoms with Gasteiger partial charge in [-0.05, 0) is 42.7 Å². The molecule has 5 nitrogen and oxygen atoms in total. The molecule has 0 radical (unpaired) electrons. The molecule has 0 aliphatic rings. The van der Waals surface area contributed by atoms with Crippen molar-refractivity contribution >= 4 is 5.91 Å². The van der Waals surface area contributed by atoms with Gasteiger partial charge in [0.25, 0.3) is 0 Å². The van der Waals surface area contributed by atoms with Gasteiger partial charge in [-0.2, -0.15) is 5.10 Å². The van der Waals surface area contributed by atoms with E-state index in [1.807, 2.05) is 54.2 Å². The molecule has 140 valence electrons. The lowest BCUT2D eigenvalue weighted by molar-refractivity contribution is -0.121. The number of benzene rings is 2. The number of hydrogen-bond acceptors (Lipinski definition) is 3. The van der Waals surface area contributed by atoms with Gasteiger partial charge in [-0.25, -0.2) is 0 Å². The fourth-order valence-corrected chi connectivity index (χ4v) is 2.95. The van der Waals surface area contributed by atoms with Crippen LogP contribution in [0.25, 0.3) is 0 Å². The van der Waals surface area contributed by atoms with Gasteiger partial charge in [0.05, 0.1) is 19.6 Å². The normalized spacial score (nSPS) is 10.6. The van der Waals surface area contributed by atoms with Crippen LogP contribution in [0.5, 0.6) is 5.75 Å². The number of nitrogens with one attached hydrogen (secondary N) is 1. The molecule has 0 aliphatic carbocycles. The quantitative estimate of drug-likeness (QED) is 0.665. The Kier molecular flexibility index (Phi) is 6.26. The molecular weight excluding hydrogens is 338 g/mol. The van der Waals surface area contributed by atoms with Crippen LogP contribution >= 0.6 is 0 Å². The molecule has 0 bridgehead atoms. The molecule has 1 amide bonds. The van der Waals surface area contributed by atoms with Crippen molar-refractivity contribution in [1.82, 2.24) is 15.1 Å². The summed E-state index contributed by atoms with van der Waals surface area (Å²) in [5.41, 5.74) is 4.53. The van der Waals surface area contributed by atoms with E-state index >= 15 is 0 Å². The van der Waals surface area contributed by atoms with Gasteiger partial charge in [0.1, 0.15) is 5.75 Å². The highest BCUT2D eigenvalue weighted by Crippen LogP contribution is 2.18. The lowest BCUT2D eigenvalue weighted by atomic mass is 10.1. The van der Waals surface area contributed by atoms with Crippen molar-refractivity contribution in [1.29, 1.82) is 0 Å². The Hall–Kier alpha value is -3.08. The number of rotatable bonds is 8. The van der Waals surface area contributed by atoms with Crippen LogP contribution in [0.4, 0.5) is 0 Å². The van der Waals surface area contributed by atoms with Crippen molar-refractivity contribution in [2.24, 2.45) is 0 Å². The highest BCUT2D eigenvalue weighted by Gasteiger charge is 2.07. The van der Waals surface area contributed by atoms with Gasteiger partial charge in [0.15, 0.2) is 0 Å². The zero-order chi connectivity index (χ0) is 19.1. The van der Waals surface area contributed by atoms with Gasteiger partial charge in [-0.1, -0.05) is 42.0 Å². The molecule has 0 saturated heterocycles. The Labute approximate surface area is 160 Å². The maximum Gasteiger partial charge on any atom is 0.223 e. The molecule has 1 heterocycles. The van der Waals surface area contributed by atoms with Crippen molar-refractivity contribution in [2.45, 2.75) is 33.4 Å². The summed E-state index contributed by atoms with van der Waals surface area (Å²) in [6.45, 7) is 5.62. The highest BCUT2D eigenvalue weighted by atomic mass is 16.5. The van der Waals surface area contributed by atoms with E-state index in [1.54, 1.807) is 6.20 Å². The summed E-state index contributed by atoms with van der Waals surface area (Å²) in [5, 5.41) is 7.22. The van der Waals surface area contributed by atoms with Crippen LogP contribution in [0.15, 0.2) is 60.9 Å². The summed E-state index contributed by atoms with van der Waals surface area (Å²) in [4.78, 5) is 12.2. The summed E-state index contributed by atoms with van der Waals surface area (Å²) < 4.78 is 7.61. The molecule has 0 unspecified atom stereocenters. The van der Waals surface area contributed by atoms with Crippen molar-refractivity contribution < 1.29 is 9.53 Å². The number of amides is 1. The van der Waals surface area contributed by atoms with E-state index in [-0.39, 0.29) is 5.91 Å².